The van der Waals surface area contributed by atoms with Gasteiger partial charge >= 0.3 is 0 Å². The van der Waals surface area contributed by atoms with Crippen LogP contribution in [0.4, 0.5) is 0 Å². The molecule has 1 unspecified atom stereocenters. The molecule has 6 heteroatoms. The van der Waals surface area contributed by atoms with Crippen molar-refractivity contribution in [2.75, 3.05) is 13.1 Å². The van der Waals surface area contributed by atoms with Gasteiger partial charge in [0.1, 0.15) is 0 Å². The third kappa shape index (κ3) is 5.19. The van der Waals surface area contributed by atoms with Crippen molar-refractivity contribution >= 4 is 41.5 Å². The topological polar surface area (TPSA) is 41.1 Å². The Morgan fingerprint density at radius 1 is 1.32 bits per heavy atom. The Morgan fingerprint density at radius 3 is 2.58 bits per heavy atom. The number of benzene rings is 1. The van der Waals surface area contributed by atoms with Crippen LogP contribution in [0.1, 0.15) is 18.4 Å². The highest BCUT2D eigenvalue weighted by Gasteiger charge is 2.21. The normalized spacial score (nSPS) is 17.9. The number of carbonyl (C=O) groups excluding carboxylic acids is 1. The minimum atomic E-state index is -0.0204. The first-order valence-corrected chi connectivity index (χ1v) is 6.87. The molecule has 2 N–H and O–H groups in total. The smallest absolute Gasteiger partial charge is 0.237 e. The maximum absolute atomic E-state index is 11.7. The first kappa shape index (κ1) is 16.6. The molecule has 0 spiro atoms. The van der Waals surface area contributed by atoms with Gasteiger partial charge in [-0.1, -0.05) is 23.2 Å². The monoisotopic (exact) mass is 322 g/mol. The van der Waals surface area contributed by atoms with Gasteiger partial charge in [0, 0.05) is 16.6 Å². The predicted octanol–water partition coefficient (Wildman–Crippen LogP) is 2.83. The molecular weight excluding hydrogens is 307 g/mol. The van der Waals surface area contributed by atoms with E-state index < -0.39 is 0 Å². The fourth-order valence-corrected chi connectivity index (χ4v) is 2.69. The molecule has 106 valence electrons. The van der Waals surface area contributed by atoms with Gasteiger partial charge in [0.15, 0.2) is 0 Å². The van der Waals surface area contributed by atoms with Gasteiger partial charge in [-0.05, 0) is 49.6 Å². The van der Waals surface area contributed by atoms with E-state index in [9.17, 15) is 4.79 Å². The molecule has 1 heterocycles. The molecule has 1 atom stereocenters. The second-order valence-corrected chi connectivity index (χ2v) is 5.34. The number of rotatable bonds is 4. The van der Waals surface area contributed by atoms with Crippen LogP contribution < -0.4 is 10.6 Å². The van der Waals surface area contributed by atoms with Crippen LogP contribution in [0, 0.1) is 0 Å². The number of hydrogen-bond acceptors (Lipinski definition) is 2. The quantitative estimate of drug-likeness (QED) is 0.894. The predicted molar refractivity (Wildman–Crippen MR) is 81.4 cm³/mol. The van der Waals surface area contributed by atoms with Crippen LogP contribution >= 0.6 is 35.6 Å². The van der Waals surface area contributed by atoms with Crippen molar-refractivity contribution in [3.8, 4) is 0 Å². The summed E-state index contributed by atoms with van der Waals surface area (Å²) in [5.41, 5.74) is 1.03. The number of amides is 1. The molecule has 2 rings (SSSR count). The van der Waals surface area contributed by atoms with Gasteiger partial charge < -0.3 is 10.6 Å². The van der Waals surface area contributed by atoms with Gasteiger partial charge in [-0.3, -0.25) is 4.79 Å². The zero-order chi connectivity index (χ0) is 13.0. The van der Waals surface area contributed by atoms with Gasteiger partial charge in [0.2, 0.25) is 5.91 Å². The van der Waals surface area contributed by atoms with E-state index in [-0.39, 0.29) is 24.4 Å². The van der Waals surface area contributed by atoms with Crippen LogP contribution in [0.25, 0.3) is 0 Å². The molecule has 0 aromatic heterocycles. The van der Waals surface area contributed by atoms with E-state index in [2.05, 4.69) is 10.6 Å². The summed E-state index contributed by atoms with van der Waals surface area (Å²) in [6.07, 6.45) is 2.73. The second-order valence-electron chi connectivity index (χ2n) is 4.47. The highest BCUT2D eigenvalue weighted by molar-refractivity contribution is 6.34. The number of halogens is 3. The minimum absolute atomic E-state index is 0. The van der Waals surface area contributed by atoms with E-state index in [0.717, 1.165) is 31.4 Å². The first-order chi connectivity index (χ1) is 8.65. The lowest BCUT2D eigenvalue weighted by molar-refractivity contribution is -0.122. The number of nitrogens with one attached hydrogen (secondary N) is 2. The zero-order valence-electron chi connectivity index (χ0n) is 10.4. The van der Waals surface area contributed by atoms with Crippen molar-refractivity contribution in [1.82, 2.24) is 10.6 Å². The lowest BCUT2D eigenvalue weighted by Gasteiger charge is -2.11. The molecule has 1 fully saturated rings. The highest BCUT2D eigenvalue weighted by atomic mass is 35.5. The summed E-state index contributed by atoms with van der Waals surface area (Å²) in [6, 6.07) is 5.42. The molecule has 0 radical (unpaired) electrons. The molecule has 1 amide bonds. The van der Waals surface area contributed by atoms with Crippen molar-refractivity contribution < 1.29 is 4.79 Å². The van der Waals surface area contributed by atoms with E-state index in [4.69, 9.17) is 23.2 Å². The molecule has 0 bridgehead atoms. The molecule has 1 aromatic rings. The molecule has 3 nitrogen and oxygen atoms in total. The van der Waals surface area contributed by atoms with Crippen LogP contribution in [0.15, 0.2) is 18.2 Å². The van der Waals surface area contributed by atoms with Gasteiger partial charge in [-0.15, -0.1) is 12.4 Å². The number of carbonyl (C=O) groups is 1. The second kappa shape index (κ2) is 7.95. The maximum Gasteiger partial charge on any atom is 0.237 e. The molecule has 1 saturated heterocycles. The van der Waals surface area contributed by atoms with E-state index >= 15 is 0 Å². The van der Waals surface area contributed by atoms with Crippen molar-refractivity contribution in [2.45, 2.75) is 25.3 Å². The fourth-order valence-electron chi connectivity index (χ4n) is 2.12. The van der Waals surface area contributed by atoms with E-state index in [1.165, 1.54) is 0 Å². The first-order valence-electron chi connectivity index (χ1n) is 6.11. The molecule has 0 saturated carbocycles. The van der Waals surface area contributed by atoms with Gasteiger partial charge in [-0.2, -0.15) is 0 Å². The van der Waals surface area contributed by atoms with Crippen LogP contribution in [-0.4, -0.2) is 25.0 Å². The Morgan fingerprint density at radius 2 is 2.00 bits per heavy atom. The lowest BCUT2D eigenvalue weighted by Crippen LogP contribution is -2.41. The fraction of sp³-hybridized carbons (Fsp3) is 0.462. The summed E-state index contributed by atoms with van der Waals surface area (Å²) in [7, 11) is 0. The van der Waals surface area contributed by atoms with Gasteiger partial charge in [0.05, 0.1) is 6.04 Å². The third-order valence-electron chi connectivity index (χ3n) is 3.01. The molecule has 0 aliphatic carbocycles. The Hall–Kier alpha value is -0.480. The standard InChI is InChI=1S/C13H16Cl2N2O.ClH/c14-10-6-9(7-11(15)8-10)3-5-17-13(18)12-2-1-4-16-12;/h6-8,12,16H,1-5H2,(H,17,18);1H. The van der Waals surface area contributed by atoms with Crippen molar-refractivity contribution in [2.24, 2.45) is 0 Å². The zero-order valence-corrected chi connectivity index (χ0v) is 12.7. The van der Waals surface area contributed by atoms with E-state index in [1.807, 2.05) is 12.1 Å². The van der Waals surface area contributed by atoms with Crippen LogP contribution in [-0.2, 0) is 11.2 Å². The number of hydrogen-bond donors (Lipinski definition) is 2. The van der Waals surface area contributed by atoms with Crippen molar-refractivity contribution in [3.63, 3.8) is 0 Å². The van der Waals surface area contributed by atoms with Gasteiger partial charge in [0.25, 0.3) is 0 Å². The molecule has 1 aromatic carbocycles. The average Bonchev–Trinajstić information content (AvgIpc) is 2.80. The summed E-state index contributed by atoms with van der Waals surface area (Å²) in [4.78, 5) is 11.7. The highest BCUT2D eigenvalue weighted by Crippen LogP contribution is 2.19. The molecule has 1 aliphatic heterocycles. The summed E-state index contributed by atoms with van der Waals surface area (Å²) in [5.74, 6) is 0.0839. The van der Waals surface area contributed by atoms with Crippen molar-refractivity contribution in [1.29, 1.82) is 0 Å². The third-order valence-corrected chi connectivity index (χ3v) is 3.45. The van der Waals surface area contributed by atoms with Crippen LogP contribution in [0.3, 0.4) is 0 Å². The summed E-state index contributed by atoms with van der Waals surface area (Å²) in [6.45, 7) is 1.54. The Balaban J connectivity index is 0.00000180. The summed E-state index contributed by atoms with van der Waals surface area (Å²) in [5, 5.41) is 7.35. The summed E-state index contributed by atoms with van der Waals surface area (Å²) >= 11 is 11.8. The lowest BCUT2D eigenvalue weighted by atomic mass is 10.1. The maximum atomic E-state index is 11.7. The molecule has 1 aliphatic rings. The molecule has 19 heavy (non-hydrogen) atoms. The SMILES string of the molecule is Cl.O=C(NCCc1cc(Cl)cc(Cl)c1)C1CCCN1. The van der Waals surface area contributed by atoms with E-state index in [0.29, 0.717) is 16.6 Å². The average molecular weight is 324 g/mol. The van der Waals surface area contributed by atoms with Crippen LogP contribution in [0.2, 0.25) is 10.0 Å². The Bertz CT molecular complexity index is 414. The van der Waals surface area contributed by atoms with Gasteiger partial charge in [-0.25, -0.2) is 0 Å². The molecular formula is C13H17Cl3N2O. The van der Waals surface area contributed by atoms with E-state index in [1.54, 1.807) is 6.07 Å². The van der Waals surface area contributed by atoms with Crippen LogP contribution in [0.5, 0.6) is 0 Å². The summed E-state index contributed by atoms with van der Waals surface area (Å²) < 4.78 is 0. The van der Waals surface area contributed by atoms with Crippen molar-refractivity contribution in [3.05, 3.63) is 33.8 Å². The largest absolute Gasteiger partial charge is 0.354 e. The Labute approximate surface area is 129 Å². The minimum Gasteiger partial charge on any atom is -0.354 e. The Kier molecular flexibility index (Phi) is 6.94.